The molecule has 0 N–H and O–H groups in total. The second-order valence-electron chi connectivity index (χ2n) is 4.32. The summed E-state index contributed by atoms with van der Waals surface area (Å²) in [4.78, 5) is 2.19. The largest absolute Gasteiger partial charge is 0.374 e. The fraction of sp³-hybridized carbons (Fsp3) is 0.667. The molecule has 0 aromatic rings. The maximum Gasteiger partial charge on any atom is 0.0382 e. The molecule has 0 amide bonds. The lowest BCUT2D eigenvalue weighted by atomic mass is 10.0. The molecule has 0 fully saturated rings. The van der Waals surface area contributed by atoms with Crippen LogP contribution in [0.4, 0.5) is 0 Å². The third-order valence-corrected chi connectivity index (χ3v) is 2.41. The van der Waals surface area contributed by atoms with Gasteiger partial charge in [0, 0.05) is 19.3 Å². The molecule has 0 aliphatic heterocycles. The molecule has 0 bridgehead atoms. The van der Waals surface area contributed by atoms with Crippen molar-refractivity contribution in [2.45, 2.75) is 27.7 Å². The van der Waals surface area contributed by atoms with Crippen LogP contribution in [0.5, 0.6) is 0 Å². The molecule has 0 radical (unpaired) electrons. The topological polar surface area (TPSA) is 3.24 Å². The normalized spacial score (nSPS) is 10.7. The third kappa shape index (κ3) is 4.16. The first kappa shape index (κ1) is 12.3. The number of nitrogens with zero attached hydrogens (tertiary/aromatic N) is 1. The van der Waals surface area contributed by atoms with Crippen LogP contribution in [-0.4, -0.2) is 18.5 Å². The first-order chi connectivity index (χ1) is 5.86. The highest BCUT2D eigenvalue weighted by atomic mass is 15.1. The molecule has 0 atom stereocenters. The highest BCUT2D eigenvalue weighted by Crippen LogP contribution is 2.15. The second kappa shape index (κ2) is 5.11. The van der Waals surface area contributed by atoms with E-state index in [2.05, 4.69) is 52.8 Å². The summed E-state index contributed by atoms with van der Waals surface area (Å²) in [5.41, 5.74) is 2.45. The summed E-state index contributed by atoms with van der Waals surface area (Å²) < 4.78 is 0. The highest BCUT2D eigenvalue weighted by molar-refractivity contribution is 5.06. The van der Waals surface area contributed by atoms with Crippen molar-refractivity contribution in [3.63, 3.8) is 0 Å². The zero-order chi connectivity index (χ0) is 10.6. The molecule has 0 unspecified atom stereocenters. The van der Waals surface area contributed by atoms with E-state index < -0.39 is 0 Å². The monoisotopic (exact) mass is 181 g/mol. The predicted octanol–water partition coefficient (Wildman–Crippen LogP) is 3.30. The molecular formula is C12H23N. The molecule has 0 aromatic heterocycles. The lowest BCUT2D eigenvalue weighted by Crippen LogP contribution is -2.23. The standard InChI is InChI=1S/C12H23N/c1-9(2)11(5)8-13(7)12(6)10(3)4/h9-10H,5-6,8H2,1-4,7H3. The van der Waals surface area contributed by atoms with Gasteiger partial charge in [-0.1, -0.05) is 46.4 Å². The lowest BCUT2D eigenvalue weighted by Gasteiger charge is -2.26. The Kier molecular flexibility index (Phi) is 4.82. The van der Waals surface area contributed by atoms with Crippen LogP contribution in [0, 0.1) is 11.8 Å². The Labute approximate surface area is 83.1 Å². The van der Waals surface area contributed by atoms with E-state index in [9.17, 15) is 0 Å². The Morgan fingerprint density at radius 1 is 1.08 bits per heavy atom. The van der Waals surface area contributed by atoms with Gasteiger partial charge in [0.15, 0.2) is 0 Å². The minimum absolute atomic E-state index is 0.518. The third-order valence-electron chi connectivity index (χ3n) is 2.41. The van der Waals surface area contributed by atoms with Crippen molar-refractivity contribution in [3.8, 4) is 0 Å². The average Bonchev–Trinajstić information content (AvgIpc) is 2.02. The van der Waals surface area contributed by atoms with E-state index in [1.165, 1.54) is 11.3 Å². The Bertz CT molecular complexity index is 189. The summed E-state index contributed by atoms with van der Waals surface area (Å²) in [5.74, 6) is 1.08. The number of hydrogen-bond acceptors (Lipinski definition) is 1. The van der Waals surface area contributed by atoms with Crippen molar-refractivity contribution in [3.05, 3.63) is 24.4 Å². The van der Waals surface area contributed by atoms with Crippen molar-refractivity contribution >= 4 is 0 Å². The first-order valence-corrected chi connectivity index (χ1v) is 4.93. The van der Waals surface area contributed by atoms with Crippen LogP contribution in [0.1, 0.15) is 27.7 Å². The van der Waals surface area contributed by atoms with Gasteiger partial charge in [-0.2, -0.15) is 0 Å². The van der Waals surface area contributed by atoms with Gasteiger partial charge >= 0.3 is 0 Å². The molecule has 76 valence electrons. The van der Waals surface area contributed by atoms with Crippen molar-refractivity contribution in [1.82, 2.24) is 4.90 Å². The molecular weight excluding hydrogens is 158 g/mol. The minimum Gasteiger partial charge on any atom is -0.374 e. The van der Waals surface area contributed by atoms with Gasteiger partial charge in [0.1, 0.15) is 0 Å². The van der Waals surface area contributed by atoms with Gasteiger partial charge in [-0.25, -0.2) is 0 Å². The van der Waals surface area contributed by atoms with Gasteiger partial charge in [-0.15, -0.1) is 0 Å². The average molecular weight is 181 g/mol. The first-order valence-electron chi connectivity index (χ1n) is 4.93. The van der Waals surface area contributed by atoms with E-state index in [0.717, 1.165) is 6.54 Å². The van der Waals surface area contributed by atoms with E-state index in [1.807, 2.05) is 0 Å². The number of allylic oxidation sites excluding steroid dienone is 1. The Morgan fingerprint density at radius 3 is 1.85 bits per heavy atom. The van der Waals surface area contributed by atoms with Crippen LogP contribution in [0.3, 0.4) is 0 Å². The number of rotatable bonds is 5. The minimum atomic E-state index is 0.518. The Hall–Kier alpha value is -0.720. The second-order valence-corrected chi connectivity index (χ2v) is 4.32. The molecule has 13 heavy (non-hydrogen) atoms. The zero-order valence-corrected chi connectivity index (χ0v) is 9.72. The summed E-state index contributed by atoms with van der Waals surface area (Å²) in [6.07, 6.45) is 0. The molecule has 0 aromatic carbocycles. The van der Waals surface area contributed by atoms with Gasteiger partial charge in [0.05, 0.1) is 0 Å². The highest BCUT2D eigenvalue weighted by Gasteiger charge is 2.08. The summed E-state index contributed by atoms with van der Waals surface area (Å²) in [6, 6.07) is 0. The summed E-state index contributed by atoms with van der Waals surface area (Å²) in [5, 5.41) is 0. The van der Waals surface area contributed by atoms with Crippen LogP contribution in [-0.2, 0) is 0 Å². The van der Waals surface area contributed by atoms with E-state index >= 15 is 0 Å². The molecule has 0 aliphatic rings. The molecule has 0 heterocycles. The van der Waals surface area contributed by atoms with Gasteiger partial charge in [0.25, 0.3) is 0 Å². The lowest BCUT2D eigenvalue weighted by molar-refractivity contribution is 0.393. The van der Waals surface area contributed by atoms with E-state index in [0.29, 0.717) is 11.8 Å². The van der Waals surface area contributed by atoms with Crippen LogP contribution in [0.2, 0.25) is 0 Å². The van der Waals surface area contributed by atoms with E-state index in [1.54, 1.807) is 0 Å². The zero-order valence-electron chi connectivity index (χ0n) is 9.72. The molecule has 0 saturated carbocycles. The van der Waals surface area contributed by atoms with Crippen molar-refractivity contribution in [2.24, 2.45) is 11.8 Å². The smallest absolute Gasteiger partial charge is 0.0382 e. The van der Waals surface area contributed by atoms with Crippen molar-refractivity contribution in [1.29, 1.82) is 0 Å². The SMILES string of the molecule is C=C(CN(C)C(=C)C(C)C)C(C)C. The maximum atomic E-state index is 4.05. The fourth-order valence-corrected chi connectivity index (χ4v) is 1.03. The van der Waals surface area contributed by atoms with Crippen LogP contribution >= 0.6 is 0 Å². The Balaban J connectivity index is 4.08. The van der Waals surface area contributed by atoms with Crippen molar-refractivity contribution in [2.75, 3.05) is 13.6 Å². The van der Waals surface area contributed by atoms with E-state index in [-0.39, 0.29) is 0 Å². The van der Waals surface area contributed by atoms with Crippen molar-refractivity contribution < 1.29 is 0 Å². The molecule has 1 heteroatoms. The summed E-state index contributed by atoms with van der Waals surface area (Å²) in [6.45, 7) is 17.7. The predicted molar refractivity (Wildman–Crippen MR) is 60.6 cm³/mol. The van der Waals surface area contributed by atoms with Crippen LogP contribution in [0.25, 0.3) is 0 Å². The van der Waals surface area contributed by atoms with Crippen LogP contribution in [0.15, 0.2) is 24.4 Å². The molecule has 1 nitrogen and oxygen atoms in total. The van der Waals surface area contributed by atoms with E-state index in [4.69, 9.17) is 0 Å². The number of likely N-dealkylation sites (N-methyl/N-ethyl adjacent to an activating group) is 1. The molecule has 0 spiro atoms. The summed E-state index contributed by atoms with van der Waals surface area (Å²) in [7, 11) is 2.08. The summed E-state index contributed by atoms with van der Waals surface area (Å²) >= 11 is 0. The van der Waals surface area contributed by atoms with Crippen LogP contribution < -0.4 is 0 Å². The fourth-order valence-electron chi connectivity index (χ4n) is 1.03. The quantitative estimate of drug-likeness (QED) is 0.588. The van der Waals surface area contributed by atoms with Gasteiger partial charge < -0.3 is 4.90 Å². The molecule has 0 saturated heterocycles. The van der Waals surface area contributed by atoms with Gasteiger partial charge in [0.2, 0.25) is 0 Å². The molecule has 0 rings (SSSR count). The Morgan fingerprint density at radius 2 is 1.54 bits per heavy atom. The molecule has 0 aliphatic carbocycles. The number of hydrogen-bond donors (Lipinski definition) is 0. The maximum absolute atomic E-state index is 4.05. The van der Waals surface area contributed by atoms with Gasteiger partial charge in [-0.05, 0) is 11.8 Å². The van der Waals surface area contributed by atoms with Gasteiger partial charge in [-0.3, -0.25) is 0 Å².